The number of nitrogens with one attached hydrogen (secondary N) is 1. The Morgan fingerprint density at radius 3 is 2.33 bits per heavy atom. The molecule has 0 radical (unpaired) electrons. The summed E-state index contributed by atoms with van der Waals surface area (Å²) in [5, 5.41) is 16.3. The molecule has 1 N–H and O–H groups in total. The maximum absolute atomic E-state index is 12.9. The first-order valence-electron chi connectivity index (χ1n) is 12.3. The van der Waals surface area contributed by atoms with E-state index in [0.717, 1.165) is 10.6 Å². The van der Waals surface area contributed by atoms with Crippen molar-refractivity contribution in [1.82, 2.24) is 5.01 Å². The average Bonchev–Trinajstić information content (AvgIpc) is 3.37. The van der Waals surface area contributed by atoms with Gasteiger partial charge in [-0.1, -0.05) is 54.1 Å². The summed E-state index contributed by atoms with van der Waals surface area (Å²) in [5.41, 5.74) is 1.75. The number of thioether (sulfide) groups is 1. The summed E-state index contributed by atoms with van der Waals surface area (Å²) >= 11 is 7.42. The van der Waals surface area contributed by atoms with Gasteiger partial charge in [0.05, 0.1) is 24.8 Å². The Labute approximate surface area is 240 Å². The second-order valence-corrected chi connectivity index (χ2v) is 10.0. The minimum absolute atomic E-state index is 0.0551. The summed E-state index contributed by atoms with van der Waals surface area (Å²) in [6.45, 7) is 0.448. The molecular weight excluding hydrogens is 552 g/mol. The molecule has 5 rings (SSSR count). The van der Waals surface area contributed by atoms with Crippen LogP contribution in [0.5, 0.6) is 23.0 Å². The maximum Gasteiger partial charge on any atom is 0.283 e. The Balaban J connectivity index is 1.33. The predicted octanol–water partition coefficient (Wildman–Crippen LogP) is 5.68. The number of halogens is 1. The normalized spacial score (nSPS) is 15.5. The average molecular weight is 577 g/mol. The number of carbonyl (C=O) groups is 1. The van der Waals surface area contributed by atoms with Crippen LogP contribution in [0.15, 0.2) is 82.4 Å². The van der Waals surface area contributed by atoms with Crippen molar-refractivity contribution in [3.05, 3.63) is 88.5 Å². The highest BCUT2D eigenvalue weighted by molar-refractivity contribution is 8.26. The van der Waals surface area contributed by atoms with Crippen molar-refractivity contribution in [1.29, 1.82) is 5.41 Å². The molecule has 11 heteroatoms. The number of ether oxygens (including phenoxy) is 4. The van der Waals surface area contributed by atoms with Gasteiger partial charge < -0.3 is 18.9 Å². The van der Waals surface area contributed by atoms with Gasteiger partial charge in [-0.15, -0.1) is 0 Å². The Bertz CT molecular complexity index is 1520. The molecular formula is C29H25ClN4O5S. The molecule has 0 fully saturated rings. The zero-order valence-electron chi connectivity index (χ0n) is 21.7. The van der Waals surface area contributed by atoms with E-state index in [9.17, 15) is 4.79 Å². The van der Waals surface area contributed by atoms with Crippen LogP contribution in [0.1, 0.15) is 11.1 Å². The van der Waals surface area contributed by atoms with E-state index in [1.807, 2.05) is 42.5 Å². The van der Waals surface area contributed by atoms with Crippen LogP contribution in [0.25, 0.3) is 6.08 Å². The summed E-state index contributed by atoms with van der Waals surface area (Å²) < 4.78 is 22.7. The molecule has 0 aromatic heterocycles. The number of hydrogen-bond donors (Lipinski definition) is 1. The van der Waals surface area contributed by atoms with Gasteiger partial charge in [0.1, 0.15) is 24.0 Å². The minimum atomic E-state index is -0.519. The number of benzene rings is 3. The van der Waals surface area contributed by atoms with E-state index in [2.05, 4.69) is 10.1 Å². The topological polar surface area (TPSA) is 106 Å². The maximum atomic E-state index is 12.9. The number of amides is 1. The molecule has 0 aliphatic carbocycles. The van der Waals surface area contributed by atoms with Crippen molar-refractivity contribution in [2.75, 3.05) is 27.4 Å². The first kappa shape index (κ1) is 27.3. The van der Waals surface area contributed by atoms with Gasteiger partial charge in [-0.05, 0) is 53.2 Å². The van der Waals surface area contributed by atoms with Crippen molar-refractivity contribution in [3.8, 4) is 23.0 Å². The van der Waals surface area contributed by atoms with Gasteiger partial charge in [-0.3, -0.25) is 10.2 Å². The van der Waals surface area contributed by atoms with Crippen LogP contribution in [0.3, 0.4) is 0 Å². The lowest BCUT2D eigenvalue weighted by Gasteiger charge is -2.20. The quantitative estimate of drug-likeness (QED) is 0.244. The number of amidine groups is 2. The molecule has 2 heterocycles. The highest BCUT2D eigenvalue weighted by Gasteiger charge is 2.35. The van der Waals surface area contributed by atoms with Crippen LogP contribution in [0, 0.1) is 5.41 Å². The second kappa shape index (κ2) is 12.3. The van der Waals surface area contributed by atoms with Crippen LogP contribution >= 0.6 is 23.4 Å². The molecule has 204 valence electrons. The molecule has 2 aliphatic rings. The molecule has 3 aromatic carbocycles. The van der Waals surface area contributed by atoms with Gasteiger partial charge in [0.2, 0.25) is 10.9 Å². The molecule has 3 aromatic rings. The molecule has 1 amide bonds. The van der Waals surface area contributed by atoms with E-state index >= 15 is 0 Å². The third-order valence-corrected chi connectivity index (χ3v) is 7.13. The van der Waals surface area contributed by atoms with E-state index in [4.69, 9.17) is 36.0 Å². The number of fused-ring (bicyclic) bond motifs is 1. The van der Waals surface area contributed by atoms with E-state index < -0.39 is 5.91 Å². The summed E-state index contributed by atoms with van der Waals surface area (Å²) in [7, 11) is 3.02. The van der Waals surface area contributed by atoms with Crippen LogP contribution < -0.4 is 18.9 Å². The Morgan fingerprint density at radius 1 is 0.950 bits per heavy atom. The number of hydrogen-bond acceptors (Lipinski definition) is 8. The summed E-state index contributed by atoms with van der Waals surface area (Å²) in [6.07, 6.45) is 2.15. The number of hydrazone groups is 1. The van der Waals surface area contributed by atoms with Gasteiger partial charge in [-0.25, -0.2) is 0 Å². The zero-order valence-corrected chi connectivity index (χ0v) is 23.3. The smallest absolute Gasteiger partial charge is 0.283 e. The van der Waals surface area contributed by atoms with Crippen molar-refractivity contribution < 1.29 is 23.7 Å². The lowest BCUT2D eigenvalue weighted by atomic mass is 10.1. The van der Waals surface area contributed by atoms with Gasteiger partial charge >= 0.3 is 0 Å². The van der Waals surface area contributed by atoms with Crippen LogP contribution in [0.4, 0.5) is 0 Å². The minimum Gasteiger partial charge on any atom is -0.493 e. The standard InChI is InChI=1S/C29H25ClN4O5S/c1-36-23-15-19(16-24(37-2)26(23)39-13-12-38-22-11-7-6-10-21(22)30)14-20-27(31)34-29(32-28(20)35)40-25(33-34)17-18-8-4-3-5-9-18/h3-11,14-16,31H,12-13,17H2,1-2H3/b20-14+,31-27?. The molecule has 2 aliphatic heterocycles. The largest absolute Gasteiger partial charge is 0.493 e. The van der Waals surface area contributed by atoms with Crippen molar-refractivity contribution in [2.45, 2.75) is 6.42 Å². The summed E-state index contributed by atoms with van der Waals surface area (Å²) in [5.74, 6) is 1.15. The third kappa shape index (κ3) is 5.98. The lowest BCUT2D eigenvalue weighted by Crippen LogP contribution is -2.35. The number of nitrogens with zero attached hydrogens (tertiary/aromatic N) is 3. The molecule has 0 saturated heterocycles. The fourth-order valence-electron chi connectivity index (χ4n) is 4.02. The monoisotopic (exact) mass is 576 g/mol. The molecule has 40 heavy (non-hydrogen) atoms. The highest BCUT2D eigenvalue weighted by atomic mass is 35.5. The van der Waals surface area contributed by atoms with Gasteiger partial charge in [0, 0.05) is 6.42 Å². The fourth-order valence-corrected chi connectivity index (χ4v) is 5.13. The second-order valence-electron chi connectivity index (χ2n) is 8.56. The number of aliphatic imine (C=N–C) groups is 1. The molecule has 0 bridgehead atoms. The van der Waals surface area contributed by atoms with Crippen molar-refractivity contribution in [3.63, 3.8) is 0 Å². The van der Waals surface area contributed by atoms with Crippen LogP contribution in [-0.4, -0.2) is 54.4 Å². The van der Waals surface area contributed by atoms with Crippen molar-refractivity contribution >= 4 is 51.4 Å². The fraction of sp³-hybridized carbons (Fsp3) is 0.172. The highest BCUT2D eigenvalue weighted by Crippen LogP contribution is 2.40. The molecule has 0 saturated carbocycles. The van der Waals surface area contributed by atoms with E-state index in [1.54, 1.807) is 30.3 Å². The Morgan fingerprint density at radius 2 is 1.62 bits per heavy atom. The summed E-state index contributed by atoms with van der Waals surface area (Å²) in [6, 6.07) is 20.5. The Hall–Kier alpha value is -4.28. The van der Waals surface area contributed by atoms with E-state index in [0.29, 0.717) is 45.2 Å². The van der Waals surface area contributed by atoms with Crippen LogP contribution in [0.2, 0.25) is 5.02 Å². The SMILES string of the molecule is COc1cc(/C=C2\C(=N)N3N=C(Cc4ccccc4)SC3=NC2=O)cc(OC)c1OCCOc1ccccc1Cl. The predicted molar refractivity (Wildman–Crippen MR) is 157 cm³/mol. The summed E-state index contributed by atoms with van der Waals surface area (Å²) in [4.78, 5) is 17.1. The first-order valence-corrected chi connectivity index (χ1v) is 13.5. The first-order chi connectivity index (χ1) is 19.5. The Kier molecular flexibility index (Phi) is 8.37. The number of methoxy groups -OCH3 is 2. The lowest BCUT2D eigenvalue weighted by molar-refractivity contribution is -0.114. The zero-order chi connectivity index (χ0) is 28.1. The van der Waals surface area contributed by atoms with E-state index in [-0.39, 0.29) is 24.6 Å². The molecule has 0 unspecified atom stereocenters. The number of rotatable bonds is 10. The molecule has 0 atom stereocenters. The van der Waals surface area contributed by atoms with Crippen molar-refractivity contribution in [2.24, 2.45) is 10.1 Å². The van der Waals surface area contributed by atoms with Crippen LogP contribution in [-0.2, 0) is 11.2 Å². The van der Waals surface area contributed by atoms with Gasteiger partial charge in [-0.2, -0.15) is 15.1 Å². The third-order valence-electron chi connectivity index (χ3n) is 5.91. The molecule has 0 spiro atoms. The number of carbonyl (C=O) groups excluding carboxylic acids is 1. The van der Waals surface area contributed by atoms with Gasteiger partial charge in [0.15, 0.2) is 17.3 Å². The number of para-hydroxylation sites is 1. The van der Waals surface area contributed by atoms with Gasteiger partial charge in [0.25, 0.3) is 5.91 Å². The van der Waals surface area contributed by atoms with E-state index in [1.165, 1.54) is 31.0 Å². The molecule has 9 nitrogen and oxygen atoms in total.